The summed E-state index contributed by atoms with van der Waals surface area (Å²) in [6, 6.07) is 6.45. The third kappa shape index (κ3) is 4.17. The van der Waals surface area contributed by atoms with E-state index >= 15 is 0 Å². The molecule has 6 nitrogen and oxygen atoms in total. The molecule has 2 rings (SSSR count). The number of aromatic carboxylic acids is 1. The highest BCUT2D eigenvalue weighted by Gasteiger charge is 2.10. The van der Waals surface area contributed by atoms with E-state index in [0.29, 0.717) is 12.1 Å². The van der Waals surface area contributed by atoms with Crippen LogP contribution in [0.4, 0.5) is 0 Å². The maximum atomic E-state index is 12.0. The molecule has 1 aromatic heterocycles. The van der Waals surface area contributed by atoms with Gasteiger partial charge in [0.15, 0.2) is 0 Å². The second kappa shape index (κ2) is 6.69. The molecule has 2 N–H and O–H groups in total. The lowest BCUT2D eigenvalue weighted by molar-refractivity contribution is 0.0696. The average Bonchev–Trinajstić information content (AvgIpc) is 2.95. The van der Waals surface area contributed by atoms with Gasteiger partial charge in [0, 0.05) is 31.0 Å². The van der Waals surface area contributed by atoms with Crippen LogP contribution >= 0.6 is 0 Å². The first-order valence-electron chi connectivity index (χ1n) is 6.67. The summed E-state index contributed by atoms with van der Waals surface area (Å²) >= 11 is 0. The number of carboxylic acid groups (broad SMARTS) is 1. The maximum Gasteiger partial charge on any atom is 0.335 e. The summed E-state index contributed by atoms with van der Waals surface area (Å²) in [6.45, 7) is 3.00. The standard InChI is InChI=1S/C15H17N3O3/c1-11-8-12(10-13(9-11)15(20)21)14(19)16-4-2-6-18-7-3-5-17-18/h3,5,7-10H,2,4,6H2,1H3,(H,16,19)(H,20,21). The van der Waals surface area contributed by atoms with E-state index in [2.05, 4.69) is 10.4 Å². The molecule has 0 spiro atoms. The minimum Gasteiger partial charge on any atom is -0.478 e. The molecule has 0 atom stereocenters. The largest absolute Gasteiger partial charge is 0.478 e. The molecule has 0 radical (unpaired) electrons. The lowest BCUT2D eigenvalue weighted by atomic mass is 10.1. The zero-order chi connectivity index (χ0) is 15.2. The topological polar surface area (TPSA) is 84.2 Å². The van der Waals surface area contributed by atoms with Crippen molar-refractivity contribution in [3.63, 3.8) is 0 Å². The summed E-state index contributed by atoms with van der Waals surface area (Å²) in [4.78, 5) is 23.0. The molecule has 1 heterocycles. The molecule has 6 heteroatoms. The van der Waals surface area contributed by atoms with Crippen LogP contribution in [0.3, 0.4) is 0 Å². The Morgan fingerprint density at radius 3 is 2.71 bits per heavy atom. The van der Waals surface area contributed by atoms with Crippen molar-refractivity contribution in [3.8, 4) is 0 Å². The third-order valence-electron chi connectivity index (χ3n) is 3.00. The molecule has 21 heavy (non-hydrogen) atoms. The Bertz CT molecular complexity index is 636. The molecule has 0 aliphatic heterocycles. The number of aryl methyl sites for hydroxylation is 2. The van der Waals surface area contributed by atoms with Crippen LogP contribution in [0.25, 0.3) is 0 Å². The summed E-state index contributed by atoms with van der Waals surface area (Å²) in [5, 5.41) is 15.8. The predicted molar refractivity (Wildman–Crippen MR) is 77.3 cm³/mol. The molecule has 0 bridgehead atoms. The van der Waals surface area contributed by atoms with Crippen LogP contribution in [-0.4, -0.2) is 33.3 Å². The van der Waals surface area contributed by atoms with Crippen molar-refractivity contribution in [1.82, 2.24) is 15.1 Å². The van der Waals surface area contributed by atoms with E-state index in [0.717, 1.165) is 18.5 Å². The van der Waals surface area contributed by atoms with Crippen molar-refractivity contribution in [2.75, 3.05) is 6.54 Å². The molecular weight excluding hydrogens is 270 g/mol. The van der Waals surface area contributed by atoms with Crippen molar-refractivity contribution in [2.24, 2.45) is 0 Å². The number of hydrogen-bond donors (Lipinski definition) is 2. The second-order valence-electron chi connectivity index (χ2n) is 4.77. The molecule has 110 valence electrons. The van der Waals surface area contributed by atoms with Gasteiger partial charge < -0.3 is 10.4 Å². The lowest BCUT2D eigenvalue weighted by Gasteiger charge is -2.07. The van der Waals surface area contributed by atoms with Crippen LogP contribution in [0, 0.1) is 6.92 Å². The van der Waals surface area contributed by atoms with Crippen molar-refractivity contribution in [2.45, 2.75) is 19.9 Å². The predicted octanol–water partition coefficient (Wildman–Crippen LogP) is 1.71. The van der Waals surface area contributed by atoms with E-state index in [9.17, 15) is 9.59 Å². The van der Waals surface area contributed by atoms with Gasteiger partial charge in [-0.25, -0.2) is 4.79 Å². The fraction of sp³-hybridized carbons (Fsp3) is 0.267. The first kappa shape index (κ1) is 14.8. The Hall–Kier alpha value is -2.63. The van der Waals surface area contributed by atoms with Gasteiger partial charge in [0.1, 0.15) is 0 Å². The number of nitrogens with one attached hydrogen (secondary N) is 1. The van der Waals surface area contributed by atoms with Crippen molar-refractivity contribution in [1.29, 1.82) is 0 Å². The van der Waals surface area contributed by atoms with Gasteiger partial charge >= 0.3 is 5.97 Å². The molecule has 2 aromatic rings. The van der Waals surface area contributed by atoms with Gasteiger partial charge in [0.25, 0.3) is 5.91 Å². The van der Waals surface area contributed by atoms with Crippen molar-refractivity contribution in [3.05, 3.63) is 53.3 Å². The van der Waals surface area contributed by atoms with E-state index in [1.54, 1.807) is 23.9 Å². The van der Waals surface area contributed by atoms with Crippen LogP contribution in [0.1, 0.15) is 32.7 Å². The number of carbonyl (C=O) groups excluding carboxylic acids is 1. The summed E-state index contributed by atoms with van der Waals surface area (Å²) in [5.41, 5.74) is 1.24. The first-order chi connectivity index (χ1) is 10.1. The van der Waals surface area contributed by atoms with Gasteiger partial charge in [-0.15, -0.1) is 0 Å². The number of hydrogen-bond acceptors (Lipinski definition) is 3. The highest BCUT2D eigenvalue weighted by Crippen LogP contribution is 2.10. The third-order valence-corrected chi connectivity index (χ3v) is 3.00. The van der Waals surface area contributed by atoms with Gasteiger partial charge in [-0.05, 0) is 43.2 Å². The number of aromatic nitrogens is 2. The molecule has 0 saturated carbocycles. The normalized spacial score (nSPS) is 10.3. The van der Waals surface area contributed by atoms with E-state index in [-0.39, 0.29) is 11.5 Å². The van der Waals surface area contributed by atoms with Crippen LogP contribution < -0.4 is 5.32 Å². The number of carboxylic acids is 1. The molecule has 0 unspecified atom stereocenters. The van der Waals surface area contributed by atoms with Crippen LogP contribution in [-0.2, 0) is 6.54 Å². The van der Waals surface area contributed by atoms with Gasteiger partial charge in [-0.3, -0.25) is 9.48 Å². The summed E-state index contributed by atoms with van der Waals surface area (Å²) in [5.74, 6) is -1.30. The van der Waals surface area contributed by atoms with Crippen LogP contribution in [0.15, 0.2) is 36.7 Å². The summed E-state index contributed by atoms with van der Waals surface area (Å²) < 4.78 is 1.79. The zero-order valence-corrected chi connectivity index (χ0v) is 11.7. The monoisotopic (exact) mass is 287 g/mol. The Balaban J connectivity index is 1.89. The fourth-order valence-electron chi connectivity index (χ4n) is 2.02. The van der Waals surface area contributed by atoms with E-state index < -0.39 is 5.97 Å². The number of nitrogens with zero attached hydrogens (tertiary/aromatic N) is 2. The van der Waals surface area contributed by atoms with Gasteiger partial charge in [-0.1, -0.05) is 0 Å². The second-order valence-corrected chi connectivity index (χ2v) is 4.77. The Kier molecular flexibility index (Phi) is 4.71. The fourth-order valence-corrected chi connectivity index (χ4v) is 2.02. The molecule has 0 saturated heterocycles. The molecule has 0 fully saturated rings. The summed E-state index contributed by atoms with van der Waals surface area (Å²) in [7, 11) is 0. The number of benzene rings is 1. The van der Waals surface area contributed by atoms with Crippen LogP contribution in [0.5, 0.6) is 0 Å². The van der Waals surface area contributed by atoms with Crippen molar-refractivity contribution >= 4 is 11.9 Å². The highest BCUT2D eigenvalue weighted by atomic mass is 16.4. The Morgan fingerprint density at radius 1 is 1.29 bits per heavy atom. The first-order valence-corrected chi connectivity index (χ1v) is 6.67. The highest BCUT2D eigenvalue weighted by molar-refractivity contribution is 5.97. The maximum absolute atomic E-state index is 12.0. The van der Waals surface area contributed by atoms with Gasteiger partial charge in [0.2, 0.25) is 0 Å². The smallest absolute Gasteiger partial charge is 0.335 e. The van der Waals surface area contributed by atoms with E-state index in [1.807, 2.05) is 12.3 Å². The average molecular weight is 287 g/mol. The zero-order valence-electron chi connectivity index (χ0n) is 11.7. The number of carbonyl (C=O) groups is 2. The summed E-state index contributed by atoms with van der Waals surface area (Å²) in [6.07, 6.45) is 4.32. The van der Waals surface area contributed by atoms with Crippen LogP contribution in [0.2, 0.25) is 0 Å². The molecule has 0 aliphatic carbocycles. The number of rotatable bonds is 6. The molecule has 0 aliphatic rings. The molecule has 1 aromatic carbocycles. The minimum absolute atomic E-state index is 0.122. The molecule has 1 amide bonds. The minimum atomic E-state index is -1.04. The Morgan fingerprint density at radius 2 is 2.05 bits per heavy atom. The Labute approximate surface area is 122 Å². The van der Waals surface area contributed by atoms with Crippen molar-refractivity contribution < 1.29 is 14.7 Å². The SMILES string of the molecule is Cc1cc(C(=O)O)cc(C(=O)NCCCn2cccn2)c1. The van der Waals surface area contributed by atoms with E-state index in [1.165, 1.54) is 12.1 Å². The van der Waals surface area contributed by atoms with Gasteiger partial charge in [0.05, 0.1) is 5.56 Å². The van der Waals surface area contributed by atoms with E-state index in [4.69, 9.17) is 5.11 Å². The lowest BCUT2D eigenvalue weighted by Crippen LogP contribution is -2.25. The molecular formula is C15H17N3O3. The quantitative estimate of drug-likeness (QED) is 0.792. The van der Waals surface area contributed by atoms with Gasteiger partial charge in [-0.2, -0.15) is 5.10 Å². The number of amides is 1.